The third-order valence-electron chi connectivity index (χ3n) is 2.64. The molecule has 0 spiro atoms. The van der Waals surface area contributed by atoms with E-state index in [0.29, 0.717) is 0 Å². The highest BCUT2D eigenvalue weighted by Gasteiger charge is 1.94. The zero-order valence-electron chi connectivity index (χ0n) is 11.0. The molecule has 1 N–H and O–H groups in total. The van der Waals surface area contributed by atoms with Gasteiger partial charge in [0.25, 0.3) is 0 Å². The number of benzene rings is 2. The van der Waals surface area contributed by atoms with Crippen LogP contribution in [0.4, 0.5) is 11.4 Å². The predicted molar refractivity (Wildman–Crippen MR) is 91.1 cm³/mol. The van der Waals surface area contributed by atoms with E-state index in [1.54, 1.807) is 0 Å². The summed E-state index contributed by atoms with van der Waals surface area (Å²) >= 11 is 2.28. The lowest BCUT2D eigenvalue weighted by Crippen LogP contribution is -2.08. The summed E-state index contributed by atoms with van der Waals surface area (Å²) in [6, 6.07) is 16.4. The Bertz CT molecular complexity index is 562. The molecule has 2 aromatic carbocycles. The second-order valence-corrected chi connectivity index (χ2v) is 5.61. The van der Waals surface area contributed by atoms with Crippen LogP contribution in [0, 0.1) is 3.57 Å². The average molecular weight is 365 g/mol. The Morgan fingerprint density at radius 3 is 2.47 bits per heavy atom. The molecule has 0 radical (unpaired) electrons. The van der Waals surface area contributed by atoms with Gasteiger partial charge in [-0.15, -0.1) is 0 Å². The molecule has 0 unspecified atom stereocenters. The third-order valence-corrected chi connectivity index (χ3v) is 3.31. The molecular weight excluding hydrogens is 349 g/mol. The molecule has 0 saturated heterocycles. The second-order valence-electron chi connectivity index (χ2n) is 4.37. The lowest BCUT2D eigenvalue weighted by atomic mass is 10.2. The van der Waals surface area contributed by atoms with Gasteiger partial charge in [-0.25, -0.2) is 0 Å². The van der Waals surface area contributed by atoms with Crippen molar-refractivity contribution < 1.29 is 0 Å². The lowest BCUT2D eigenvalue weighted by molar-refractivity contribution is 1.13. The Balaban J connectivity index is 1.99. The Morgan fingerprint density at radius 2 is 1.84 bits per heavy atom. The molecule has 0 saturated carbocycles. The van der Waals surface area contributed by atoms with Gasteiger partial charge in [0.15, 0.2) is 0 Å². The van der Waals surface area contributed by atoms with Crippen molar-refractivity contribution in [3.8, 4) is 0 Å². The molecule has 0 amide bonds. The van der Waals surface area contributed by atoms with Gasteiger partial charge in [0.1, 0.15) is 0 Å². The molecular formula is C15H16IN3. The van der Waals surface area contributed by atoms with Crippen LogP contribution in [0.25, 0.3) is 0 Å². The Hall–Kier alpha value is -1.56. The summed E-state index contributed by atoms with van der Waals surface area (Å²) in [5.41, 5.74) is 6.28. The molecule has 2 rings (SSSR count). The first kappa shape index (κ1) is 13.9. The van der Waals surface area contributed by atoms with Crippen LogP contribution in [0.3, 0.4) is 0 Å². The van der Waals surface area contributed by atoms with E-state index < -0.39 is 0 Å². The largest absolute Gasteiger partial charge is 0.378 e. The van der Waals surface area contributed by atoms with Gasteiger partial charge in [-0.2, -0.15) is 5.10 Å². The fourth-order valence-electron chi connectivity index (χ4n) is 1.60. The molecule has 0 atom stereocenters. The van der Waals surface area contributed by atoms with E-state index in [9.17, 15) is 0 Å². The summed E-state index contributed by atoms with van der Waals surface area (Å²) in [6.07, 6.45) is 1.82. The van der Waals surface area contributed by atoms with Crippen molar-refractivity contribution in [3.05, 3.63) is 57.7 Å². The summed E-state index contributed by atoms with van der Waals surface area (Å²) in [5, 5.41) is 4.24. The van der Waals surface area contributed by atoms with Crippen LogP contribution in [0.15, 0.2) is 53.6 Å². The van der Waals surface area contributed by atoms with Crippen molar-refractivity contribution in [2.75, 3.05) is 24.4 Å². The fraction of sp³-hybridized carbons (Fsp3) is 0.133. The maximum Gasteiger partial charge on any atom is 0.0572 e. The number of anilines is 2. The topological polar surface area (TPSA) is 27.6 Å². The highest BCUT2D eigenvalue weighted by Crippen LogP contribution is 2.13. The summed E-state index contributed by atoms with van der Waals surface area (Å²) in [6.45, 7) is 0. The SMILES string of the molecule is CN(C)c1ccc(C=NNc2cccc(I)c2)cc1. The van der Waals surface area contributed by atoms with Crippen LogP contribution >= 0.6 is 22.6 Å². The first-order valence-electron chi connectivity index (χ1n) is 5.97. The average Bonchev–Trinajstić information content (AvgIpc) is 2.39. The third kappa shape index (κ3) is 4.24. The second kappa shape index (κ2) is 6.56. The number of hydrogen-bond acceptors (Lipinski definition) is 3. The molecule has 4 heteroatoms. The molecule has 0 heterocycles. The van der Waals surface area contributed by atoms with Gasteiger partial charge in [0.05, 0.1) is 11.9 Å². The molecule has 0 aliphatic carbocycles. The number of halogens is 1. The molecule has 2 aromatic rings. The van der Waals surface area contributed by atoms with E-state index in [1.807, 2.05) is 38.5 Å². The summed E-state index contributed by atoms with van der Waals surface area (Å²) in [7, 11) is 4.06. The summed E-state index contributed by atoms with van der Waals surface area (Å²) in [4.78, 5) is 2.07. The maximum absolute atomic E-state index is 4.24. The lowest BCUT2D eigenvalue weighted by Gasteiger charge is -2.11. The summed E-state index contributed by atoms with van der Waals surface area (Å²) in [5.74, 6) is 0. The van der Waals surface area contributed by atoms with Crippen LogP contribution < -0.4 is 10.3 Å². The fourth-order valence-corrected chi connectivity index (χ4v) is 2.14. The van der Waals surface area contributed by atoms with E-state index >= 15 is 0 Å². The molecule has 3 nitrogen and oxygen atoms in total. The van der Waals surface area contributed by atoms with E-state index in [2.05, 4.69) is 68.3 Å². The van der Waals surface area contributed by atoms with Crippen LogP contribution in [0.1, 0.15) is 5.56 Å². The van der Waals surface area contributed by atoms with Crippen LogP contribution in [0.2, 0.25) is 0 Å². The number of hydrazone groups is 1. The van der Waals surface area contributed by atoms with Crippen LogP contribution in [0.5, 0.6) is 0 Å². The van der Waals surface area contributed by atoms with Crippen molar-refractivity contribution in [1.29, 1.82) is 0 Å². The van der Waals surface area contributed by atoms with E-state index in [-0.39, 0.29) is 0 Å². The van der Waals surface area contributed by atoms with E-state index in [4.69, 9.17) is 0 Å². The maximum atomic E-state index is 4.24. The Kier molecular flexibility index (Phi) is 4.79. The van der Waals surface area contributed by atoms with Gasteiger partial charge in [-0.3, -0.25) is 5.43 Å². The molecule has 0 fully saturated rings. The number of nitrogens with zero attached hydrogens (tertiary/aromatic N) is 2. The minimum atomic E-state index is 0.994. The predicted octanol–water partition coefficient (Wildman–Crippen LogP) is 3.80. The highest BCUT2D eigenvalue weighted by atomic mass is 127. The van der Waals surface area contributed by atoms with Crippen LogP contribution in [-0.4, -0.2) is 20.3 Å². The molecule has 0 aliphatic heterocycles. The number of nitrogens with one attached hydrogen (secondary N) is 1. The van der Waals surface area contributed by atoms with E-state index in [0.717, 1.165) is 11.3 Å². The first-order valence-corrected chi connectivity index (χ1v) is 7.05. The molecule has 19 heavy (non-hydrogen) atoms. The first-order chi connectivity index (χ1) is 9.15. The number of hydrogen-bond donors (Lipinski definition) is 1. The van der Waals surface area contributed by atoms with Gasteiger partial charge in [-0.1, -0.05) is 18.2 Å². The van der Waals surface area contributed by atoms with Gasteiger partial charge >= 0.3 is 0 Å². The van der Waals surface area contributed by atoms with Gasteiger partial charge < -0.3 is 4.90 Å². The van der Waals surface area contributed by atoms with Gasteiger partial charge in [0, 0.05) is 23.4 Å². The molecule has 0 bridgehead atoms. The van der Waals surface area contributed by atoms with Crippen LogP contribution in [-0.2, 0) is 0 Å². The normalized spacial score (nSPS) is 10.7. The molecule has 98 valence electrons. The zero-order valence-corrected chi connectivity index (χ0v) is 13.1. The molecule has 0 aliphatic rings. The van der Waals surface area contributed by atoms with Gasteiger partial charge in [0.2, 0.25) is 0 Å². The Labute approximate surface area is 127 Å². The van der Waals surface area contributed by atoms with Crippen molar-refractivity contribution in [2.45, 2.75) is 0 Å². The standard InChI is InChI=1S/C15H16IN3/c1-19(2)15-8-6-12(7-9-15)11-17-18-14-5-3-4-13(16)10-14/h3-11,18H,1-2H3. The quantitative estimate of drug-likeness (QED) is 0.507. The van der Waals surface area contributed by atoms with Crippen molar-refractivity contribution >= 4 is 40.2 Å². The highest BCUT2D eigenvalue weighted by molar-refractivity contribution is 14.1. The Morgan fingerprint density at radius 1 is 1.11 bits per heavy atom. The summed E-state index contributed by atoms with van der Waals surface area (Å²) < 4.78 is 1.19. The minimum Gasteiger partial charge on any atom is -0.378 e. The molecule has 0 aromatic heterocycles. The minimum absolute atomic E-state index is 0.994. The zero-order chi connectivity index (χ0) is 13.7. The van der Waals surface area contributed by atoms with Crippen molar-refractivity contribution in [2.24, 2.45) is 5.10 Å². The van der Waals surface area contributed by atoms with Gasteiger partial charge in [-0.05, 0) is 58.5 Å². The van der Waals surface area contributed by atoms with E-state index in [1.165, 1.54) is 9.26 Å². The monoisotopic (exact) mass is 365 g/mol. The van der Waals surface area contributed by atoms with Crippen molar-refractivity contribution in [1.82, 2.24) is 0 Å². The smallest absolute Gasteiger partial charge is 0.0572 e. The van der Waals surface area contributed by atoms with Crippen molar-refractivity contribution in [3.63, 3.8) is 0 Å². The number of rotatable bonds is 4.